The summed E-state index contributed by atoms with van der Waals surface area (Å²) < 4.78 is 0. The minimum atomic E-state index is -0.721. The van der Waals surface area contributed by atoms with Crippen LogP contribution in [0.5, 0.6) is 0 Å². The van der Waals surface area contributed by atoms with Crippen molar-refractivity contribution in [1.29, 1.82) is 0 Å². The van der Waals surface area contributed by atoms with Gasteiger partial charge in [0, 0.05) is 5.75 Å². The maximum atomic E-state index is 10.2. The Morgan fingerprint density at radius 2 is 2.44 bits per heavy atom. The second-order valence-electron chi connectivity index (χ2n) is 1.62. The van der Waals surface area contributed by atoms with E-state index < -0.39 is 5.97 Å². The summed E-state index contributed by atoms with van der Waals surface area (Å²) in [5, 5.41) is 8.38. The van der Waals surface area contributed by atoms with Gasteiger partial charge in [0.2, 0.25) is 0 Å². The molecule has 0 aromatic rings. The Morgan fingerprint density at radius 1 is 1.89 bits per heavy atom. The fraction of sp³-hybridized carbons (Fsp3) is 0.750. The van der Waals surface area contributed by atoms with E-state index in [-0.39, 0.29) is 5.92 Å². The second-order valence-corrected chi connectivity index (χ2v) is 5.40. The average Bonchev–Trinajstić information content (AvgIpc) is 1.82. The molecule has 1 N–H and O–H groups in total. The van der Waals surface area contributed by atoms with E-state index in [1.807, 2.05) is 0 Å². The van der Waals surface area contributed by atoms with Gasteiger partial charge in [0.1, 0.15) is 0 Å². The fourth-order valence-electron chi connectivity index (χ4n) is 0.213. The first kappa shape index (κ1) is 9.60. The Hall–Kier alpha value is 0.600. The van der Waals surface area contributed by atoms with Crippen LogP contribution < -0.4 is 0 Å². The van der Waals surface area contributed by atoms with Gasteiger partial charge in [-0.2, -0.15) is 0 Å². The summed E-state index contributed by atoms with van der Waals surface area (Å²) in [6, 6.07) is 0. The van der Waals surface area contributed by atoms with E-state index in [0.29, 0.717) is 5.75 Å². The average molecular weight is 184 g/mol. The van der Waals surface area contributed by atoms with Crippen molar-refractivity contribution in [3.8, 4) is 0 Å². The zero-order chi connectivity index (χ0) is 7.28. The summed E-state index contributed by atoms with van der Waals surface area (Å²) in [7, 11) is 5.52. The van der Waals surface area contributed by atoms with Crippen LogP contribution in [0.1, 0.15) is 6.92 Å². The molecule has 0 saturated carbocycles. The zero-order valence-electron chi connectivity index (χ0n) is 5.03. The summed E-state index contributed by atoms with van der Waals surface area (Å²) in [6.45, 7) is 1.70. The van der Waals surface area contributed by atoms with Crippen LogP contribution in [0.15, 0.2) is 0 Å². The summed E-state index contributed by atoms with van der Waals surface area (Å²) >= 11 is 0. The molecule has 0 saturated heterocycles. The van der Waals surface area contributed by atoms with E-state index in [4.69, 9.17) is 5.11 Å². The van der Waals surface area contributed by atoms with Gasteiger partial charge in [-0.25, -0.2) is 0 Å². The van der Waals surface area contributed by atoms with Crippen LogP contribution in [0.3, 0.4) is 0 Å². The minimum Gasteiger partial charge on any atom is -0.481 e. The van der Waals surface area contributed by atoms with Crippen molar-refractivity contribution in [3.05, 3.63) is 0 Å². The number of rotatable bonds is 4. The Morgan fingerprint density at radius 3 is 2.78 bits per heavy atom. The molecule has 0 fully saturated rings. The van der Waals surface area contributed by atoms with Crippen molar-refractivity contribution in [2.24, 2.45) is 5.92 Å². The predicted octanol–water partition coefficient (Wildman–Crippen LogP) is 1.88. The number of hydrogen-bond acceptors (Lipinski definition) is 3. The molecular weight excluding hydrogens is 175 g/mol. The molecule has 0 amide bonds. The Bertz CT molecular complexity index is 98.6. The third kappa shape index (κ3) is 5.07. The Kier molecular flexibility index (Phi) is 5.75. The van der Waals surface area contributed by atoms with Gasteiger partial charge in [-0.1, -0.05) is 36.6 Å². The molecule has 54 valence electrons. The molecule has 0 aromatic carbocycles. The van der Waals surface area contributed by atoms with Crippen molar-refractivity contribution < 1.29 is 9.90 Å². The van der Waals surface area contributed by atoms with Crippen LogP contribution in [0.25, 0.3) is 0 Å². The van der Waals surface area contributed by atoms with E-state index in [2.05, 4.69) is 8.44 Å². The van der Waals surface area contributed by atoms with Gasteiger partial charge >= 0.3 is 5.97 Å². The number of carboxylic acids is 1. The van der Waals surface area contributed by atoms with Crippen LogP contribution in [0, 0.1) is 5.92 Å². The first-order chi connectivity index (χ1) is 4.18. The molecule has 2 nitrogen and oxygen atoms in total. The normalized spacial score (nSPS) is 13.1. The third-order valence-corrected chi connectivity index (χ3v) is 3.62. The minimum absolute atomic E-state index is 0.233. The van der Waals surface area contributed by atoms with Crippen molar-refractivity contribution in [2.75, 3.05) is 5.75 Å². The first-order valence-electron chi connectivity index (χ1n) is 2.39. The summed E-state index contributed by atoms with van der Waals surface area (Å²) in [5.74, 6) is -0.284. The molecule has 2 unspecified atom stereocenters. The molecule has 0 heterocycles. The van der Waals surface area contributed by atoms with E-state index >= 15 is 0 Å². The summed E-state index contributed by atoms with van der Waals surface area (Å²) in [4.78, 5) is 10.2. The quantitative estimate of drug-likeness (QED) is 0.534. The fourth-order valence-corrected chi connectivity index (χ4v) is 2.19. The highest BCUT2D eigenvalue weighted by Gasteiger charge is 2.09. The number of aliphatic carboxylic acids is 1. The lowest BCUT2D eigenvalue weighted by Crippen LogP contribution is -2.10. The summed E-state index contributed by atoms with van der Waals surface area (Å²) in [6.07, 6.45) is 0. The lowest BCUT2D eigenvalue weighted by molar-refractivity contribution is -0.140. The second kappa shape index (κ2) is 5.39. The molecule has 0 rings (SSSR count). The van der Waals surface area contributed by atoms with Gasteiger partial charge in [-0.15, -0.1) is 0 Å². The molecule has 9 heavy (non-hydrogen) atoms. The highest BCUT2D eigenvalue weighted by atomic mass is 33.3. The molecule has 0 aliphatic heterocycles. The third-order valence-electron chi connectivity index (χ3n) is 0.808. The van der Waals surface area contributed by atoms with Crippen molar-refractivity contribution >= 4 is 35.6 Å². The van der Waals surface area contributed by atoms with Gasteiger partial charge in [-0.3, -0.25) is 4.79 Å². The van der Waals surface area contributed by atoms with Gasteiger partial charge in [0.25, 0.3) is 0 Å². The molecule has 0 aromatic heterocycles. The van der Waals surface area contributed by atoms with Crippen LogP contribution in [-0.2, 0) is 4.79 Å². The number of carboxylic acid groups (broad SMARTS) is 1. The predicted molar refractivity (Wildman–Crippen MR) is 46.6 cm³/mol. The number of hydrogen-bond donors (Lipinski definition) is 1. The van der Waals surface area contributed by atoms with E-state index in [1.165, 1.54) is 10.4 Å². The van der Waals surface area contributed by atoms with Crippen LogP contribution in [0.2, 0.25) is 0 Å². The van der Waals surface area contributed by atoms with Crippen LogP contribution >= 0.6 is 29.6 Å². The molecule has 0 aliphatic rings. The maximum absolute atomic E-state index is 10.2. The smallest absolute Gasteiger partial charge is 0.307 e. The van der Waals surface area contributed by atoms with Crippen molar-refractivity contribution in [1.82, 2.24) is 0 Å². The van der Waals surface area contributed by atoms with Gasteiger partial charge in [-0.05, 0) is 0 Å². The highest BCUT2D eigenvalue weighted by molar-refractivity contribution is 8.94. The molecular formula is C4H9O2PS2. The molecule has 0 radical (unpaired) electrons. The highest BCUT2D eigenvalue weighted by Crippen LogP contribution is 2.29. The Labute approximate surface area is 64.5 Å². The van der Waals surface area contributed by atoms with Gasteiger partial charge < -0.3 is 5.11 Å². The lowest BCUT2D eigenvalue weighted by atomic mass is 10.2. The molecule has 0 aliphatic carbocycles. The molecule has 0 spiro atoms. The largest absolute Gasteiger partial charge is 0.481 e. The van der Waals surface area contributed by atoms with Crippen LogP contribution in [0.4, 0.5) is 0 Å². The first-order valence-corrected chi connectivity index (χ1v) is 6.19. The van der Waals surface area contributed by atoms with Crippen molar-refractivity contribution in [2.45, 2.75) is 6.92 Å². The molecule has 2 atom stereocenters. The SMILES string of the molecule is CC(CSSP)C(=O)O. The molecule has 0 bridgehead atoms. The maximum Gasteiger partial charge on any atom is 0.307 e. The number of carbonyl (C=O) groups is 1. The topological polar surface area (TPSA) is 37.3 Å². The summed E-state index contributed by atoms with van der Waals surface area (Å²) in [5.41, 5.74) is 0. The van der Waals surface area contributed by atoms with E-state index in [0.717, 1.165) is 0 Å². The van der Waals surface area contributed by atoms with E-state index in [9.17, 15) is 4.79 Å². The van der Waals surface area contributed by atoms with Crippen LogP contribution in [-0.4, -0.2) is 16.8 Å². The standard InChI is InChI=1S/C4H9O2PS2/c1-3(4(5)6)2-8-9-7/h3H,2,7H2,1H3,(H,5,6). The lowest BCUT2D eigenvalue weighted by Gasteiger charge is -2.01. The zero-order valence-corrected chi connectivity index (χ0v) is 7.82. The monoisotopic (exact) mass is 184 g/mol. The Balaban J connectivity index is 3.27. The van der Waals surface area contributed by atoms with Crippen molar-refractivity contribution in [3.63, 3.8) is 0 Å². The molecule has 5 heteroatoms. The van der Waals surface area contributed by atoms with E-state index in [1.54, 1.807) is 17.7 Å². The van der Waals surface area contributed by atoms with Gasteiger partial charge in [0.15, 0.2) is 0 Å². The van der Waals surface area contributed by atoms with Gasteiger partial charge in [0.05, 0.1) is 5.92 Å².